The van der Waals surface area contributed by atoms with Gasteiger partial charge < -0.3 is 15.2 Å². The Labute approximate surface area is 189 Å². The number of hydrogen-bond acceptors (Lipinski definition) is 3. The van der Waals surface area contributed by atoms with Crippen LogP contribution in [0.2, 0.25) is 0 Å². The standard InChI is InChI=1S/C22H28N6.HI/c1-3-21-27-26-17-28(21)14-13-23-22(24-15-19-10-5-4-6-11-19)25-16-20-12-8-7-9-18(20)2;/h4-12,17H,3,13-16H2,1-2H3,(H2,23,24,25);1H. The maximum absolute atomic E-state index is 4.75. The Balaban J connectivity index is 0.00000300. The molecule has 0 spiro atoms. The van der Waals surface area contributed by atoms with Crippen LogP contribution in [0.5, 0.6) is 0 Å². The van der Waals surface area contributed by atoms with Gasteiger partial charge >= 0.3 is 0 Å². The first-order valence-corrected chi connectivity index (χ1v) is 9.73. The fourth-order valence-corrected chi connectivity index (χ4v) is 2.95. The molecule has 2 N–H and O–H groups in total. The summed E-state index contributed by atoms with van der Waals surface area (Å²) in [5.41, 5.74) is 3.73. The largest absolute Gasteiger partial charge is 0.355 e. The Morgan fingerprint density at radius 1 is 1.03 bits per heavy atom. The first kappa shape index (κ1) is 22.9. The Hall–Kier alpha value is -2.42. The minimum Gasteiger partial charge on any atom is -0.355 e. The maximum atomic E-state index is 4.75. The molecule has 0 fully saturated rings. The average Bonchev–Trinajstić information content (AvgIpc) is 3.19. The number of nitrogens with zero attached hydrogens (tertiary/aromatic N) is 4. The Kier molecular flexibility index (Phi) is 9.63. The van der Waals surface area contributed by atoms with Gasteiger partial charge in [-0.25, -0.2) is 4.99 Å². The molecule has 1 heterocycles. The molecule has 0 atom stereocenters. The van der Waals surface area contributed by atoms with E-state index in [-0.39, 0.29) is 24.0 Å². The molecule has 0 aliphatic rings. The SMILES string of the molecule is CCc1nncn1CCNC(=NCc1ccccc1)NCc1ccccc1C.I. The molecular formula is C22H29IN6. The van der Waals surface area contributed by atoms with Gasteiger partial charge in [0.05, 0.1) is 6.54 Å². The van der Waals surface area contributed by atoms with Gasteiger partial charge in [0.15, 0.2) is 5.96 Å². The number of aliphatic imine (C=N–C) groups is 1. The fraction of sp³-hybridized carbons (Fsp3) is 0.318. The summed E-state index contributed by atoms with van der Waals surface area (Å²) in [6.45, 7) is 7.14. The summed E-state index contributed by atoms with van der Waals surface area (Å²) in [6.07, 6.45) is 2.66. The van der Waals surface area contributed by atoms with Crippen molar-refractivity contribution in [2.24, 2.45) is 4.99 Å². The molecule has 0 saturated carbocycles. The van der Waals surface area contributed by atoms with Crippen molar-refractivity contribution in [3.05, 3.63) is 83.4 Å². The normalized spacial score (nSPS) is 11.0. The maximum Gasteiger partial charge on any atom is 0.191 e. The summed E-state index contributed by atoms with van der Waals surface area (Å²) in [4.78, 5) is 4.75. The predicted octanol–water partition coefficient (Wildman–Crippen LogP) is 3.70. The second-order valence-electron chi connectivity index (χ2n) is 6.65. The van der Waals surface area contributed by atoms with Gasteiger partial charge in [-0.05, 0) is 23.6 Å². The van der Waals surface area contributed by atoms with E-state index in [9.17, 15) is 0 Å². The van der Waals surface area contributed by atoms with E-state index in [1.165, 1.54) is 16.7 Å². The van der Waals surface area contributed by atoms with Crippen LogP contribution >= 0.6 is 24.0 Å². The molecule has 0 radical (unpaired) electrons. The number of hydrogen-bond donors (Lipinski definition) is 2. The van der Waals surface area contributed by atoms with Gasteiger partial charge in [-0.3, -0.25) is 0 Å². The lowest BCUT2D eigenvalue weighted by Gasteiger charge is -2.14. The molecule has 2 aromatic carbocycles. The highest BCUT2D eigenvalue weighted by Crippen LogP contribution is 2.06. The smallest absolute Gasteiger partial charge is 0.191 e. The summed E-state index contributed by atoms with van der Waals surface area (Å²) in [7, 11) is 0. The second kappa shape index (κ2) is 12.2. The number of rotatable bonds is 8. The van der Waals surface area contributed by atoms with Crippen molar-refractivity contribution in [1.29, 1.82) is 0 Å². The van der Waals surface area contributed by atoms with E-state index in [1.54, 1.807) is 6.33 Å². The van der Waals surface area contributed by atoms with Gasteiger partial charge in [0.25, 0.3) is 0 Å². The van der Waals surface area contributed by atoms with E-state index in [4.69, 9.17) is 4.99 Å². The van der Waals surface area contributed by atoms with Crippen LogP contribution < -0.4 is 10.6 Å². The highest BCUT2D eigenvalue weighted by atomic mass is 127. The summed E-state index contributed by atoms with van der Waals surface area (Å²) < 4.78 is 2.07. The van der Waals surface area contributed by atoms with Crippen LogP contribution in [0, 0.1) is 6.92 Å². The lowest BCUT2D eigenvalue weighted by molar-refractivity contribution is 0.631. The van der Waals surface area contributed by atoms with Gasteiger partial charge in [-0.2, -0.15) is 0 Å². The third-order valence-electron chi connectivity index (χ3n) is 4.63. The molecule has 0 bridgehead atoms. The number of nitrogens with one attached hydrogen (secondary N) is 2. The Morgan fingerprint density at radius 3 is 2.55 bits per heavy atom. The van der Waals surface area contributed by atoms with Crippen molar-refractivity contribution in [3.63, 3.8) is 0 Å². The van der Waals surface area contributed by atoms with Crippen LogP contribution in [0.1, 0.15) is 29.4 Å². The minimum absolute atomic E-state index is 0. The molecule has 3 rings (SSSR count). The van der Waals surface area contributed by atoms with E-state index in [2.05, 4.69) is 75.6 Å². The van der Waals surface area contributed by atoms with Crippen molar-refractivity contribution >= 4 is 29.9 Å². The molecule has 1 aromatic heterocycles. The van der Waals surface area contributed by atoms with Gasteiger partial charge in [-0.15, -0.1) is 34.2 Å². The zero-order valence-electron chi connectivity index (χ0n) is 17.0. The zero-order valence-corrected chi connectivity index (χ0v) is 19.3. The van der Waals surface area contributed by atoms with Crippen molar-refractivity contribution in [2.45, 2.75) is 39.9 Å². The summed E-state index contributed by atoms with van der Waals surface area (Å²) in [6, 6.07) is 18.7. The van der Waals surface area contributed by atoms with Crippen LogP contribution in [-0.4, -0.2) is 27.3 Å². The predicted molar refractivity (Wildman–Crippen MR) is 128 cm³/mol. The van der Waals surface area contributed by atoms with Crippen LogP contribution in [0.25, 0.3) is 0 Å². The van der Waals surface area contributed by atoms with Crippen molar-refractivity contribution in [3.8, 4) is 0 Å². The Morgan fingerprint density at radius 2 is 1.79 bits per heavy atom. The number of guanidine groups is 1. The zero-order chi connectivity index (χ0) is 19.6. The van der Waals surface area contributed by atoms with Crippen molar-refractivity contribution in [2.75, 3.05) is 6.54 Å². The van der Waals surface area contributed by atoms with E-state index in [1.807, 2.05) is 18.2 Å². The lowest BCUT2D eigenvalue weighted by atomic mass is 10.1. The molecule has 29 heavy (non-hydrogen) atoms. The average molecular weight is 504 g/mol. The molecular weight excluding hydrogens is 475 g/mol. The molecule has 6 nitrogen and oxygen atoms in total. The first-order chi connectivity index (χ1) is 13.8. The number of halogens is 1. The molecule has 0 unspecified atom stereocenters. The molecule has 0 aliphatic carbocycles. The molecule has 7 heteroatoms. The van der Waals surface area contributed by atoms with Gasteiger partial charge in [0, 0.05) is 26.1 Å². The fourth-order valence-electron chi connectivity index (χ4n) is 2.95. The van der Waals surface area contributed by atoms with Crippen molar-refractivity contribution < 1.29 is 0 Å². The van der Waals surface area contributed by atoms with Gasteiger partial charge in [0.1, 0.15) is 12.2 Å². The third kappa shape index (κ3) is 7.16. The minimum atomic E-state index is 0. The summed E-state index contributed by atoms with van der Waals surface area (Å²) in [5.74, 6) is 1.80. The van der Waals surface area contributed by atoms with Gasteiger partial charge in [0.2, 0.25) is 0 Å². The third-order valence-corrected chi connectivity index (χ3v) is 4.63. The van der Waals surface area contributed by atoms with E-state index in [0.717, 1.165) is 37.8 Å². The highest BCUT2D eigenvalue weighted by molar-refractivity contribution is 14.0. The summed E-state index contributed by atoms with van der Waals surface area (Å²) in [5, 5.41) is 15.0. The topological polar surface area (TPSA) is 67.1 Å². The molecule has 0 aliphatic heterocycles. The second-order valence-corrected chi connectivity index (χ2v) is 6.65. The molecule has 3 aromatic rings. The number of aryl methyl sites for hydroxylation is 2. The highest BCUT2D eigenvalue weighted by Gasteiger charge is 2.04. The molecule has 154 valence electrons. The molecule has 0 amide bonds. The number of aromatic nitrogens is 3. The molecule has 0 saturated heterocycles. The van der Waals surface area contributed by atoms with Crippen LogP contribution in [-0.2, 0) is 26.1 Å². The van der Waals surface area contributed by atoms with Crippen LogP contribution in [0.3, 0.4) is 0 Å². The lowest BCUT2D eigenvalue weighted by Crippen LogP contribution is -2.38. The van der Waals surface area contributed by atoms with Gasteiger partial charge in [-0.1, -0.05) is 61.5 Å². The Bertz CT molecular complexity index is 891. The number of benzene rings is 2. The van der Waals surface area contributed by atoms with E-state index < -0.39 is 0 Å². The first-order valence-electron chi connectivity index (χ1n) is 9.73. The van der Waals surface area contributed by atoms with Crippen LogP contribution in [0.15, 0.2) is 65.9 Å². The monoisotopic (exact) mass is 504 g/mol. The van der Waals surface area contributed by atoms with Crippen molar-refractivity contribution in [1.82, 2.24) is 25.4 Å². The van der Waals surface area contributed by atoms with E-state index in [0.29, 0.717) is 6.54 Å². The van der Waals surface area contributed by atoms with Crippen LogP contribution in [0.4, 0.5) is 0 Å². The summed E-state index contributed by atoms with van der Waals surface area (Å²) >= 11 is 0. The quantitative estimate of drug-likeness (QED) is 0.279. The van der Waals surface area contributed by atoms with E-state index >= 15 is 0 Å².